The van der Waals surface area contributed by atoms with Gasteiger partial charge in [0.2, 0.25) is 0 Å². The van der Waals surface area contributed by atoms with Crippen LogP contribution in [-0.4, -0.2) is 0 Å². The molecule has 0 bridgehead atoms. The molecule has 0 nitrogen and oxygen atoms in total. The average molecular weight is 1390 g/mol. The molecule has 0 saturated heterocycles. The summed E-state index contributed by atoms with van der Waals surface area (Å²) >= 11 is 20.9. The maximum Gasteiger partial charge on any atom is 0.0253 e. The molecule has 0 aromatic heterocycles. The first-order chi connectivity index (χ1) is 38.1. The van der Waals surface area contributed by atoms with Gasteiger partial charge >= 0.3 is 0 Å². The number of halogens is 6. The van der Waals surface area contributed by atoms with Crippen molar-refractivity contribution < 1.29 is 0 Å². The van der Waals surface area contributed by atoms with Crippen molar-refractivity contribution >= 4 is 160 Å². The van der Waals surface area contributed by atoms with Gasteiger partial charge in [-0.05, 0) is 172 Å². The van der Waals surface area contributed by atoms with Gasteiger partial charge in [-0.15, -0.1) is 0 Å². The molecule has 14 rings (SSSR count). The standard InChI is InChI=1S/2C14H9Br.2C12H9Br.2C10H7Br/c15-14-7-3-6-12-8-10-4-1-2-5-11(10)9-13(12)14;15-14-6-5-12-7-10-3-1-2-4-11(10)8-13(12)9-14;13-12-8-4-7-11(9-12)10-5-2-1-3-6-10;13-12-8-6-11(7-9-12)10-4-2-1-3-5-10;11-10-7-3-5-8-4-1-2-6-9(8)10;11-10-6-5-8-3-1-2-4-9(8)7-10/h2*1-9H;2*1-9H;2*1-7H. The van der Waals surface area contributed by atoms with Crippen LogP contribution in [0.1, 0.15) is 0 Å². The van der Waals surface area contributed by atoms with Crippen LogP contribution < -0.4 is 0 Å². The molecule has 0 spiro atoms. The Hall–Kier alpha value is -6.48. The van der Waals surface area contributed by atoms with Crippen LogP contribution in [-0.2, 0) is 0 Å². The Balaban J connectivity index is 0.000000114. The molecule has 6 heteroatoms. The minimum atomic E-state index is 1.12. The van der Waals surface area contributed by atoms with E-state index in [0.717, 1.165) is 26.8 Å². The van der Waals surface area contributed by atoms with Crippen molar-refractivity contribution in [3.05, 3.63) is 330 Å². The van der Waals surface area contributed by atoms with E-state index < -0.39 is 0 Å². The van der Waals surface area contributed by atoms with Gasteiger partial charge < -0.3 is 0 Å². The van der Waals surface area contributed by atoms with Gasteiger partial charge in [0.25, 0.3) is 0 Å². The zero-order valence-corrected chi connectivity index (χ0v) is 51.7. The Morgan fingerprint density at radius 3 is 1.08 bits per heavy atom. The highest BCUT2D eigenvalue weighted by molar-refractivity contribution is 9.11. The van der Waals surface area contributed by atoms with Crippen LogP contribution in [0, 0.1) is 0 Å². The van der Waals surface area contributed by atoms with Gasteiger partial charge in [0.05, 0.1) is 0 Å². The lowest BCUT2D eigenvalue weighted by Crippen LogP contribution is -1.76. The quantitative estimate of drug-likeness (QED) is 0.151. The van der Waals surface area contributed by atoms with Gasteiger partial charge in [-0.1, -0.05) is 314 Å². The maximum absolute atomic E-state index is 3.58. The van der Waals surface area contributed by atoms with Gasteiger partial charge in [0.1, 0.15) is 0 Å². The third-order valence-electron chi connectivity index (χ3n) is 12.7. The smallest absolute Gasteiger partial charge is 0.0253 e. The largest absolute Gasteiger partial charge is 0.0622 e. The molecule has 0 aliphatic heterocycles. The highest BCUT2D eigenvalue weighted by Crippen LogP contribution is 2.30. The Kier molecular flexibility index (Phi) is 20.5. The number of fused-ring (bicyclic) bond motifs is 6. The molecule has 0 aliphatic carbocycles. The molecule has 380 valence electrons. The topological polar surface area (TPSA) is 0 Å². The fourth-order valence-corrected chi connectivity index (χ4v) is 11.2. The monoisotopic (exact) mass is 1390 g/mol. The van der Waals surface area contributed by atoms with E-state index in [0.29, 0.717) is 0 Å². The molecular formula is C72H50Br6. The van der Waals surface area contributed by atoms with E-state index in [1.165, 1.54) is 86.9 Å². The normalized spacial score (nSPS) is 10.4. The van der Waals surface area contributed by atoms with Crippen LogP contribution in [0.2, 0.25) is 0 Å². The molecule has 0 radical (unpaired) electrons. The summed E-state index contributed by atoms with van der Waals surface area (Å²) in [5.74, 6) is 0. The van der Waals surface area contributed by atoms with Crippen LogP contribution in [0.3, 0.4) is 0 Å². The van der Waals surface area contributed by atoms with Gasteiger partial charge in [0, 0.05) is 26.8 Å². The molecule has 0 heterocycles. The van der Waals surface area contributed by atoms with Crippen molar-refractivity contribution in [2.45, 2.75) is 0 Å². The molecule has 14 aromatic carbocycles. The Labute approximate surface area is 507 Å². The summed E-state index contributed by atoms with van der Waals surface area (Å²) in [5.41, 5.74) is 5.01. The van der Waals surface area contributed by atoms with Crippen LogP contribution >= 0.6 is 95.6 Å². The third-order valence-corrected chi connectivity index (χ3v) is 16.1. The van der Waals surface area contributed by atoms with Gasteiger partial charge in [-0.2, -0.15) is 0 Å². The number of hydrogen-bond donors (Lipinski definition) is 0. The van der Waals surface area contributed by atoms with Gasteiger partial charge in [-0.3, -0.25) is 0 Å². The van der Waals surface area contributed by atoms with E-state index in [9.17, 15) is 0 Å². The van der Waals surface area contributed by atoms with E-state index in [1.54, 1.807) is 0 Å². The first kappa shape index (κ1) is 56.2. The summed E-state index contributed by atoms with van der Waals surface area (Å²) in [4.78, 5) is 0. The summed E-state index contributed by atoms with van der Waals surface area (Å²) < 4.78 is 6.82. The van der Waals surface area contributed by atoms with Crippen molar-refractivity contribution in [2.75, 3.05) is 0 Å². The molecule has 0 fully saturated rings. The van der Waals surface area contributed by atoms with Crippen molar-refractivity contribution in [3.8, 4) is 22.3 Å². The average Bonchev–Trinajstić information content (AvgIpc) is 3.51. The number of rotatable bonds is 2. The van der Waals surface area contributed by atoms with Crippen LogP contribution in [0.25, 0.3) is 86.9 Å². The first-order valence-corrected chi connectivity index (χ1v) is 29.9. The lowest BCUT2D eigenvalue weighted by Gasteiger charge is -2.03. The summed E-state index contributed by atoms with van der Waals surface area (Å²) in [7, 11) is 0. The predicted molar refractivity (Wildman–Crippen MR) is 361 cm³/mol. The van der Waals surface area contributed by atoms with Crippen molar-refractivity contribution in [1.29, 1.82) is 0 Å². The van der Waals surface area contributed by atoms with Crippen molar-refractivity contribution in [1.82, 2.24) is 0 Å². The molecule has 0 amide bonds. The molecule has 0 unspecified atom stereocenters. The lowest BCUT2D eigenvalue weighted by molar-refractivity contribution is 1.59. The van der Waals surface area contributed by atoms with Crippen LogP contribution in [0.5, 0.6) is 0 Å². The number of benzene rings is 14. The third kappa shape index (κ3) is 15.8. The second kappa shape index (κ2) is 28.4. The van der Waals surface area contributed by atoms with Crippen molar-refractivity contribution in [3.63, 3.8) is 0 Å². The minimum absolute atomic E-state index is 1.12. The van der Waals surface area contributed by atoms with E-state index >= 15 is 0 Å². The second-order valence-corrected chi connectivity index (χ2v) is 23.4. The molecule has 0 saturated carbocycles. The fraction of sp³-hybridized carbons (Fsp3) is 0. The first-order valence-electron chi connectivity index (χ1n) is 25.2. The Bertz CT molecular complexity index is 4190. The van der Waals surface area contributed by atoms with Crippen LogP contribution in [0.4, 0.5) is 0 Å². The van der Waals surface area contributed by atoms with E-state index in [4.69, 9.17) is 0 Å². The number of hydrogen-bond acceptors (Lipinski definition) is 0. The Morgan fingerprint density at radius 1 is 0.154 bits per heavy atom. The summed E-state index contributed by atoms with van der Waals surface area (Å²) in [6.07, 6.45) is 0. The fourth-order valence-electron chi connectivity index (χ4n) is 8.76. The highest BCUT2D eigenvalue weighted by atomic mass is 79.9. The maximum atomic E-state index is 3.58. The van der Waals surface area contributed by atoms with Crippen molar-refractivity contribution in [2.24, 2.45) is 0 Å². The second-order valence-electron chi connectivity index (χ2n) is 18.1. The molecule has 0 aliphatic rings. The zero-order chi connectivity index (χ0) is 54.1. The van der Waals surface area contributed by atoms with E-state index in [-0.39, 0.29) is 0 Å². The molecule has 0 N–H and O–H groups in total. The predicted octanol–water partition coefficient (Wildman–Crippen LogP) is 24.9. The SMILES string of the molecule is Brc1ccc(-c2ccccc2)cc1.Brc1ccc2cc3ccccc3cc2c1.Brc1ccc2ccccc2c1.Brc1cccc(-c2ccccc2)c1.Brc1cccc2cc3ccccc3cc12.Brc1cccc2ccccc12. The highest BCUT2D eigenvalue weighted by Gasteiger charge is 2.02. The lowest BCUT2D eigenvalue weighted by atomic mass is 10.0. The summed E-state index contributed by atoms with van der Waals surface area (Å²) in [6, 6.07) is 105. The van der Waals surface area contributed by atoms with E-state index in [1.807, 2.05) is 36.4 Å². The minimum Gasteiger partial charge on any atom is -0.0622 e. The molecule has 14 aromatic rings. The van der Waals surface area contributed by atoms with Gasteiger partial charge in [-0.25, -0.2) is 0 Å². The molecule has 0 atom stereocenters. The Morgan fingerprint density at radius 2 is 0.500 bits per heavy atom. The molecule has 78 heavy (non-hydrogen) atoms. The summed E-state index contributed by atoms with van der Waals surface area (Å²) in [5, 5.41) is 15.4. The van der Waals surface area contributed by atoms with E-state index in [2.05, 4.69) is 362 Å². The zero-order valence-electron chi connectivity index (χ0n) is 42.1. The van der Waals surface area contributed by atoms with Crippen LogP contribution in [0.15, 0.2) is 330 Å². The molecular weight excluding hydrogens is 1340 g/mol. The van der Waals surface area contributed by atoms with Gasteiger partial charge in [0.15, 0.2) is 0 Å². The summed E-state index contributed by atoms with van der Waals surface area (Å²) in [6.45, 7) is 0.